The van der Waals surface area contributed by atoms with Crippen LogP contribution in [0.15, 0.2) is 18.3 Å². The second-order valence-electron chi connectivity index (χ2n) is 2.48. The Hall–Kier alpha value is -0.520. The van der Waals surface area contributed by atoms with Crippen LogP contribution in [-0.2, 0) is 10.0 Å². The molecular weight excluding hydrogens is 247 g/mol. The van der Waals surface area contributed by atoms with Gasteiger partial charge in [-0.2, -0.15) is 0 Å². The van der Waals surface area contributed by atoms with Gasteiger partial charge in [0.2, 0.25) is 10.0 Å². The predicted octanol–water partition coefficient (Wildman–Crippen LogP) is 1.72. The van der Waals surface area contributed by atoms with E-state index in [-0.39, 0.29) is 11.6 Å². The van der Waals surface area contributed by atoms with Gasteiger partial charge in [0.1, 0.15) is 5.15 Å². The van der Waals surface area contributed by atoms with Crippen LogP contribution in [0, 0.1) is 0 Å². The van der Waals surface area contributed by atoms with E-state index < -0.39 is 10.0 Å². The molecule has 0 atom stereocenters. The molecule has 1 aromatic heterocycles. The molecule has 0 spiro atoms. The van der Waals surface area contributed by atoms with Crippen molar-refractivity contribution in [3.05, 3.63) is 23.5 Å². The molecule has 7 heteroatoms. The summed E-state index contributed by atoms with van der Waals surface area (Å²) in [5.74, 6) is -0.0759. The van der Waals surface area contributed by atoms with Gasteiger partial charge in [0.15, 0.2) is 0 Å². The fourth-order valence-corrected chi connectivity index (χ4v) is 2.27. The van der Waals surface area contributed by atoms with Crippen LogP contribution in [-0.4, -0.2) is 25.0 Å². The Kier molecular flexibility index (Phi) is 3.97. The summed E-state index contributed by atoms with van der Waals surface area (Å²) in [6.07, 6.45) is 1.34. The van der Waals surface area contributed by atoms with Crippen molar-refractivity contribution in [2.45, 2.75) is 0 Å². The van der Waals surface area contributed by atoms with Crippen molar-refractivity contribution in [3.63, 3.8) is 0 Å². The highest BCUT2D eigenvalue weighted by molar-refractivity contribution is 7.92. The molecule has 1 rings (SSSR count). The third-order valence-electron chi connectivity index (χ3n) is 1.35. The summed E-state index contributed by atoms with van der Waals surface area (Å²) < 4.78 is 24.8. The van der Waals surface area contributed by atoms with Gasteiger partial charge in [-0.3, -0.25) is 4.72 Å². The summed E-state index contributed by atoms with van der Waals surface area (Å²) >= 11 is 10.9. The number of halogens is 2. The molecule has 0 radical (unpaired) electrons. The van der Waals surface area contributed by atoms with Crippen molar-refractivity contribution >= 4 is 38.9 Å². The van der Waals surface area contributed by atoms with Gasteiger partial charge in [-0.25, -0.2) is 13.4 Å². The van der Waals surface area contributed by atoms with E-state index in [2.05, 4.69) is 9.71 Å². The maximum atomic E-state index is 11.2. The lowest BCUT2D eigenvalue weighted by Crippen LogP contribution is -2.17. The molecule has 1 heterocycles. The molecule has 0 bridgehead atoms. The Bertz CT molecular complexity index is 391. The van der Waals surface area contributed by atoms with Gasteiger partial charge in [-0.05, 0) is 12.1 Å². The Balaban J connectivity index is 2.74. The second-order valence-corrected chi connectivity index (χ2v) is 5.09. The molecule has 0 unspecified atom stereocenters. The molecule has 4 nitrogen and oxygen atoms in total. The van der Waals surface area contributed by atoms with Crippen LogP contribution in [0.2, 0.25) is 5.15 Å². The van der Waals surface area contributed by atoms with Crippen LogP contribution >= 0.6 is 23.2 Å². The number of sulfonamides is 1. The summed E-state index contributed by atoms with van der Waals surface area (Å²) in [5.41, 5.74) is 0.375. The fourth-order valence-electron chi connectivity index (χ4n) is 0.768. The largest absolute Gasteiger partial charge is 0.282 e. The van der Waals surface area contributed by atoms with Gasteiger partial charge in [0, 0.05) is 5.88 Å². The Labute approximate surface area is 92.3 Å². The van der Waals surface area contributed by atoms with Crippen LogP contribution in [0.3, 0.4) is 0 Å². The van der Waals surface area contributed by atoms with Crippen LogP contribution in [0.4, 0.5) is 5.69 Å². The first kappa shape index (κ1) is 11.6. The molecule has 0 aromatic carbocycles. The molecule has 0 saturated heterocycles. The predicted molar refractivity (Wildman–Crippen MR) is 57.4 cm³/mol. The third-order valence-corrected chi connectivity index (χ3v) is 3.27. The second kappa shape index (κ2) is 4.82. The van der Waals surface area contributed by atoms with E-state index in [1.54, 1.807) is 0 Å². The highest BCUT2D eigenvalue weighted by Crippen LogP contribution is 2.11. The van der Waals surface area contributed by atoms with Crippen LogP contribution in [0.1, 0.15) is 0 Å². The number of rotatable bonds is 4. The van der Waals surface area contributed by atoms with Gasteiger partial charge in [-0.1, -0.05) is 11.6 Å². The van der Waals surface area contributed by atoms with Gasteiger partial charge < -0.3 is 0 Å². The summed E-state index contributed by atoms with van der Waals surface area (Å²) in [5, 5.41) is 0.310. The van der Waals surface area contributed by atoms with E-state index in [4.69, 9.17) is 23.2 Å². The quantitative estimate of drug-likeness (QED) is 0.658. The summed E-state index contributed by atoms with van der Waals surface area (Å²) in [7, 11) is -3.36. The molecule has 0 amide bonds. The number of aromatic nitrogens is 1. The van der Waals surface area contributed by atoms with Crippen molar-refractivity contribution in [2.24, 2.45) is 0 Å². The molecule has 0 saturated carbocycles. The number of anilines is 1. The fraction of sp³-hybridized carbons (Fsp3) is 0.286. The van der Waals surface area contributed by atoms with Gasteiger partial charge in [0.25, 0.3) is 0 Å². The maximum Gasteiger partial charge on any atom is 0.233 e. The first-order valence-electron chi connectivity index (χ1n) is 3.71. The standard InChI is InChI=1S/C7H8Cl2N2O2S/c8-3-4-14(12,13)11-6-1-2-7(9)10-5-6/h1-2,5,11H,3-4H2. The third kappa shape index (κ3) is 3.69. The minimum absolute atomic E-state index is 0.0519. The molecule has 0 aliphatic rings. The molecule has 0 aliphatic carbocycles. The SMILES string of the molecule is O=S(=O)(CCCl)Nc1ccc(Cl)nc1. The monoisotopic (exact) mass is 254 g/mol. The zero-order valence-corrected chi connectivity index (χ0v) is 9.40. The average molecular weight is 255 g/mol. The van der Waals surface area contributed by atoms with Crippen molar-refractivity contribution in [1.29, 1.82) is 0 Å². The first-order chi connectivity index (χ1) is 6.53. The molecule has 1 aromatic rings. The lowest BCUT2D eigenvalue weighted by atomic mass is 10.4. The Morgan fingerprint density at radius 1 is 1.43 bits per heavy atom. The summed E-state index contributed by atoms with van der Waals surface area (Å²) in [4.78, 5) is 3.73. The van der Waals surface area contributed by atoms with Crippen LogP contribution in [0.5, 0.6) is 0 Å². The van der Waals surface area contributed by atoms with E-state index in [1.807, 2.05) is 0 Å². The maximum absolute atomic E-state index is 11.2. The molecule has 14 heavy (non-hydrogen) atoms. The molecule has 1 N–H and O–H groups in total. The zero-order chi connectivity index (χ0) is 10.6. The normalized spacial score (nSPS) is 11.3. The smallest absolute Gasteiger partial charge is 0.233 e. The van der Waals surface area contributed by atoms with E-state index in [9.17, 15) is 8.42 Å². The van der Waals surface area contributed by atoms with E-state index in [0.717, 1.165) is 0 Å². The lowest BCUT2D eigenvalue weighted by Gasteiger charge is -2.05. The average Bonchev–Trinajstić information content (AvgIpc) is 2.08. The molecular formula is C7H8Cl2N2O2S. The number of hydrogen-bond acceptors (Lipinski definition) is 3. The molecule has 78 valence electrons. The lowest BCUT2D eigenvalue weighted by molar-refractivity contribution is 0.602. The zero-order valence-electron chi connectivity index (χ0n) is 7.07. The summed E-state index contributed by atoms with van der Waals surface area (Å²) in [6, 6.07) is 3.03. The van der Waals surface area contributed by atoms with Gasteiger partial charge >= 0.3 is 0 Å². The minimum Gasteiger partial charge on any atom is -0.282 e. The van der Waals surface area contributed by atoms with Gasteiger partial charge in [0.05, 0.1) is 17.6 Å². The first-order valence-corrected chi connectivity index (χ1v) is 6.28. The Morgan fingerprint density at radius 3 is 2.64 bits per heavy atom. The highest BCUT2D eigenvalue weighted by atomic mass is 35.5. The number of hydrogen-bond donors (Lipinski definition) is 1. The van der Waals surface area contributed by atoms with Crippen molar-refractivity contribution in [3.8, 4) is 0 Å². The van der Waals surface area contributed by atoms with Crippen LogP contribution < -0.4 is 4.72 Å². The number of nitrogens with one attached hydrogen (secondary N) is 1. The van der Waals surface area contributed by atoms with E-state index in [1.165, 1.54) is 18.3 Å². The van der Waals surface area contributed by atoms with E-state index >= 15 is 0 Å². The minimum atomic E-state index is -3.36. The number of alkyl halides is 1. The molecule has 0 fully saturated rings. The summed E-state index contributed by atoms with van der Waals surface area (Å²) in [6.45, 7) is 0. The van der Waals surface area contributed by atoms with Crippen LogP contribution in [0.25, 0.3) is 0 Å². The van der Waals surface area contributed by atoms with Crippen molar-refractivity contribution in [1.82, 2.24) is 4.98 Å². The van der Waals surface area contributed by atoms with Gasteiger partial charge in [-0.15, -0.1) is 11.6 Å². The Morgan fingerprint density at radius 2 is 2.14 bits per heavy atom. The number of nitrogens with zero attached hydrogens (tertiary/aromatic N) is 1. The topological polar surface area (TPSA) is 59.1 Å². The van der Waals surface area contributed by atoms with E-state index in [0.29, 0.717) is 10.8 Å². The van der Waals surface area contributed by atoms with Crippen molar-refractivity contribution < 1.29 is 8.42 Å². The number of pyridine rings is 1. The molecule has 0 aliphatic heterocycles. The van der Waals surface area contributed by atoms with Crippen molar-refractivity contribution in [2.75, 3.05) is 16.4 Å². The highest BCUT2D eigenvalue weighted by Gasteiger charge is 2.08.